The summed E-state index contributed by atoms with van der Waals surface area (Å²) in [5.41, 5.74) is 0.553. The lowest BCUT2D eigenvalue weighted by molar-refractivity contribution is -0.136. The van der Waals surface area contributed by atoms with Crippen molar-refractivity contribution in [2.75, 3.05) is 23.3 Å². The number of aliphatic hydroxyl groups is 1. The molecule has 0 radical (unpaired) electrons. The van der Waals surface area contributed by atoms with Gasteiger partial charge in [0.15, 0.2) is 0 Å². The average molecular weight is 534 g/mol. The molecule has 1 unspecified atom stereocenters. The average Bonchev–Trinajstić information content (AvgIpc) is 2.89. The minimum Gasteiger partial charge on any atom is -0.474 e. The van der Waals surface area contributed by atoms with Crippen LogP contribution in [0.1, 0.15) is 58.3 Å². The number of piperidine rings is 1. The second-order valence-corrected chi connectivity index (χ2v) is 9.75. The Labute approximate surface area is 219 Å². The Kier molecular flexibility index (Phi) is 9.48. The van der Waals surface area contributed by atoms with Crippen molar-refractivity contribution in [2.45, 2.75) is 82.7 Å². The van der Waals surface area contributed by atoms with Gasteiger partial charge < -0.3 is 20.1 Å². The fraction of sp³-hybridized carbons (Fsp3) is 0.577. The molecule has 1 saturated heterocycles. The maximum atomic E-state index is 12.5. The van der Waals surface area contributed by atoms with Crippen LogP contribution in [-0.4, -0.2) is 67.5 Å². The highest BCUT2D eigenvalue weighted by Gasteiger charge is 2.30. The van der Waals surface area contributed by atoms with Gasteiger partial charge in [-0.05, 0) is 31.9 Å². The van der Waals surface area contributed by atoms with E-state index in [2.05, 4.69) is 35.1 Å². The SMILES string of the molecule is CC(CC(F)(F)F)Nc1ncc2c(OC3CCN(c4ncccn4)CC3)nccc2n1.OC1CCCCC1. The lowest BCUT2D eigenvalue weighted by Crippen LogP contribution is -2.39. The van der Waals surface area contributed by atoms with Crippen molar-refractivity contribution in [1.82, 2.24) is 24.9 Å². The fourth-order valence-electron chi connectivity index (χ4n) is 4.58. The number of pyridine rings is 1. The Morgan fingerprint density at radius 3 is 2.37 bits per heavy atom. The summed E-state index contributed by atoms with van der Waals surface area (Å²) in [5, 5.41) is 12.2. The minimum absolute atomic E-state index is 0.0253. The zero-order valence-electron chi connectivity index (χ0n) is 21.4. The largest absolute Gasteiger partial charge is 0.474 e. The van der Waals surface area contributed by atoms with E-state index in [1.54, 1.807) is 30.7 Å². The Hall–Kier alpha value is -3.28. The Morgan fingerprint density at radius 2 is 1.74 bits per heavy atom. The molecule has 0 bridgehead atoms. The van der Waals surface area contributed by atoms with Crippen LogP contribution in [0, 0.1) is 0 Å². The fourth-order valence-corrected chi connectivity index (χ4v) is 4.58. The third-order valence-corrected chi connectivity index (χ3v) is 6.52. The van der Waals surface area contributed by atoms with E-state index in [0.29, 0.717) is 22.7 Å². The summed E-state index contributed by atoms with van der Waals surface area (Å²) in [6, 6.07) is 2.62. The van der Waals surface area contributed by atoms with Crippen LogP contribution in [0.25, 0.3) is 10.9 Å². The number of halogens is 3. The van der Waals surface area contributed by atoms with Gasteiger partial charge in [0.2, 0.25) is 17.8 Å². The monoisotopic (exact) mass is 533 g/mol. The highest BCUT2D eigenvalue weighted by Crippen LogP contribution is 2.27. The maximum Gasteiger partial charge on any atom is 0.391 e. The van der Waals surface area contributed by atoms with E-state index in [4.69, 9.17) is 9.84 Å². The molecular formula is C26H34F3N7O2. The number of rotatable bonds is 6. The number of nitrogens with one attached hydrogen (secondary N) is 1. The van der Waals surface area contributed by atoms with Crippen LogP contribution in [0.15, 0.2) is 36.9 Å². The standard InChI is InChI=1S/C20H22F3N7O.C6H12O/c1-13(11-20(21,22)23)28-18-27-12-15-16(29-18)3-8-24-17(15)31-14-4-9-30(10-5-14)19-25-6-2-7-26-19;7-6-4-2-1-3-5-6/h2-3,6-8,12-14H,4-5,9-11H2,1H3,(H,27,28,29);6-7H,1-5H2. The van der Waals surface area contributed by atoms with Gasteiger partial charge in [0.25, 0.3) is 0 Å². The highest BCUT2D eigenvalue weighted by molar-refractivity contribution is 5.83. The molecule has 4 heterocycles. The molecule has 3 aromatic rings. The third-order valence-electron chi connectivity index (χ3n) is 6.52. The second-order valence-electron chi connectivity index (χ2n) is 9.75. The van der Waals surface area contributed by atoms with Crippen LogP contribution in [0.3, 0.4) is 0 Å². The first-order valence-electron chi connectivity index (χ1n) is 13.1. The molecule has 3 aromatic heterocycles. The predicted octanol–water partition coefficient (Wildman–Crippen LogP) is 4.93. The highest BCUT2D eigenvalue weighted by atomic mass is 19.4. The molecular weight excluding hydrogens is 499 g/mol. The van der Waals surface area contributed by atoms with E-state index >= 15 is 0 Å². The van der Waals surface area contributed by atoms with Gasteiger partial charge in [0.1, 0.15) is 6.10 Å². The molecule has 2 aliphatic rings. The molecule has 12 heteroatoms. The van der Waals surface area contributed by atoms with Crippen LogP contribution in [0.2, 0.25) is 0 Å². The summed E-state index contributed by atoms with van der Waals surface area (Å²) in [4.78, 5) is 23.4. The molecule has 38 heavy (non-hydrogen) atoms. The van der Waals surface area contributed by atoms with E-state index in [1.165, 1.54) is 32.4 Å². The lowest BCUT2D eigenvalue weighted by Gasteiger charge is -2.31. The summed E-state index contributed by atoms with van der Waals surface area (Å²) in [6.45, 7) is 2.97. The number of aromatic nitrogens is 5. The Morgan fingerprint density at radius 1 is 1.03 bits per heavy atom. The van der Waals surface area contributed by atoms with Crippen molar-refractivity contribution in [3.63, 3.8) is 0 Å². The van der Waals surface area contributed by atoms with Crippen molar-refractivity contribution in [2.24, 2.45) is 0 Å². The van der Waals surface area contributed by atoms with Gasteiger partial charge in [-0.1, -0.05) is 19.3 Å². The molecule has 2 N–H and O–H groups in total. The van der Waals surface area contributed by atoms with E-state index < -0.39 is 18.6 Å². The van der Waals surface area contributed by atoms with Crippen LogP contribution in [0.5, 0.6) is 5.88 Å². The number of fused-ring (bicyclic) bond motifs is 1. The zero-order valence-corrected chi connectivity index (χ0v) is 21.4. The number of hydrogen-bond donors (Lipinski definition) is 2. The summed E-state index contributed by atoms with van der Waals surface area (Å²) < 4.78 is 43.7. The van der Waals surface area contributed by atoms with Crippen molar-refractivity contribution >= 4 is 22.8 Å². The molecule has 0 amide bonds. The molecule has 1 saturated carbocycles. The van der Waals surface area contributed by atoms with Gasteiger partial charge in [0, 0.05) is 56.8 Å². The molecule has 5 rings (SSSR count). The predicted molar refractivity (Wildman–Crippen MR) is 138 cm³/mol. The van der Waals surface area contributed by atoms with Gasteiger partial charge in [-0.25, -0.2) is 24.9 Å². The summed E-state index contributed by atoms with van der Waals surface area (Å²) in [5.74, 6) is 1.26. The first kappa shape index (κ1) is 27.7. The van der Waals surface area contributed by atoms with Crippen LogP contribution in [0.4, 0.5) is 25.1 Å². The smallest absolute Gasteiger partial charge is 0.391 e. The topological polar surface area (TPSA) is 109 Å². The maximum absolute atomic E-state index is 12.5. The van der Waals surface area contributed by atoms with Gasteiger partial charge in [-0.3, -0.25) is 0 Å². The lowest BCUT2D eigenvalue weighted by atomic mass is 9.98. The molecule has 9 nitrogen and oxygen atoms in total. The van der Waals surface area contributed by atoms with Crippen molar-refractivity contribution in [1.29, 1.82) is 0 Å². The van der Waals surface area contributed by atoms with Gasteiger partial charge in [0.05, 0.1) is 23.4 Å². The second kappa shape index (κ2) is 13.0. The molecule has 0 spiro atoms. The molecule has 1 atom stereocenters. The van der Waals surface area contributed by atoms with E-state index in [9.17, 15) is 13.2 Å². The number of nitrogens with zero attached hydrogens (tertiary/aromatic N) is 6. The molecule has 2 fully saturated rings. The van der Waals surface area contributed by atoms with Crippen molar-refractivity contribution in [3.05, 3.63) is 36.9 Å². The minimum atomic E-state index is -4.25. The third kappa shape index (κ3) is 8.37. The van der Waals surface area contributed by atoms with E-state index in [0.717, 1.165) is 38.8 Å². The van der Waals surface area contributed by atoms with E-state index in [-0.39, 0.29) is 18.2 Å². The molecule has 206 valence electrons. The van der Waals surface area contributed by atoms with E-state index in [1.807, 2.05) is 0 Å². The summed E-state index contributed by atoms with van der Waals surface area (Å²) >= 11 is 0. The first-order chi connectivity index (χ1) is 18.3. The van der Waals surface area contributed by atoms with Crippen LogP contribution in [-0.2, 0) is 0 Å². The first-order valence-corrected chi connectivity index (χ1v) is 13.1. The van der Waals surface area contributed by atoms with Crippen molar-refractivity contribution < 1.29 is 23.0 Å². The summed E-state index contributed by atoms with van der Waals surface area (Å²) in [6.07, 6.45) is 8.78. The number of ether oxygens (including phenoxy) is 1. The molecule has 1 aliphatic carbocycles. The number of hydrogen-bond acceptors (Lipinski definition) is 9. The quantitative estimate of drug-likeness (QED) is 0.456. The number of anilines is 2. The number of alkyl halides is 3. The Bertz CT molecular complexity index is 1140. The normalized spacial score (nSPS) is 18.0. The Balaban J connectivity index is 0.000000417. The molecule has 0 aromatic carbocycles. The van der Waals surface area contributed by atoms with Crippen LogP contribution >= 0.6 is 0 Å². The molecule has 1 aliphatic heterocycles. The van der Waals surface area contributed by atoms with Crippen molar-refractivity contribution in [3.8, 4) is 5.88 Å². The van der Waals surface area contributed by atoms with Crippen LogP contribution < -0.4 is 15.0 Å². The zero-order chi connectivity index (χ0) is 27.0. The number of aliphatic hydroxyl groups excluding tert-OH is 1. The van der Waals surface area contributed by atoms with Gasteiger partial charge >= 0.3 is 6.18 Å². The van der Waals surface area contributed by atoms with Gasteiger partial charge in [-0.15, -0.1) is 0 Å². The summed E-state index contributed by atoms with van der Waals surface area (Å²) in [7, 11) is 0. The van der Waals surface area contributed by atoms with Gasteiger partial charge in [-0.2, -0.15) is 13.2 Å².